The Morgan fingerprint density at radius 2 is 1.66 bits per heavy atom. The minimum atomic E-state index is -0.289. The first-order valence-electron chi connectivity index (χ1n) is 11.9. The fourth-order valence-corrected chi connectivity index (χ4v) is 4.74. The van der Waals surface area contributed by atoms with E-state index in [4.69, 9.17) is 0 Å². The lowest BCUT2D eigenvalue weighted by Gasteiger charge is -2.29. The molecule has 3 aromatic carbocycles. The van der Waals surface area contributed by atoms with Crippen LogP contribution < -0.4 is 19.3 Å². The van der Waals surface area contributed by atoms with Gasteiger partial charge < -0.3 is 9.80 Å². The van der Waals surface area contributed by atoms with Crippen molar-refractivity contribution in [1.29, 1.82) is 0 Å². The van der Waals surface area contributed by atoms with Crippen molar-refractivity contribution in [3.8, 4) is 0 Å². The largest absolute Gasteiger partial charge is 0.378 e. The lowest BCUT2D eigenvalue weighted by molar-refractivity contribution is -0.671. The fraction of sp³-hybridized carbons (Fsp3) is 0.250. The van der Waals surface area contributed by atoms with Crippen LogP contribution in [-0.4, -0.2) is 43.6 Å². The van der Waals surface area contributed by atoms with Gasteiger partial charge in [-0.15, -0.1) is 0 Å². The molecule has 0 atom stereocenters. The lowest BCUT2D eigenvalue weighted by atomic mass is 9.93. The number of aryl methyl sites for hydroxylation is 1. The van der Waals surface area contributed by atoms with E-state index in [0.29, 0.717) is 16.8 Å². The quantitative estimate of drug-likeness (QED) is 0.305. The molecule has 5 rings (SSSR count). The van der Waals surface area contributed by atoms with Gasteiger partial charge in [0, 0.05) is 43.0 Å². The molecule has 4 aromatic rings. The topological polar surface area (TPSA) is 52.7 Å². The number of imidazole rings is 1. The number of amides is 2. The third-order valence-corrected chi connectivity index (χ3v) is 6.65. The molecule has 0 saturated carbocycles. The second kappa shape index (κ2) is 8.91. The van der Waals surface area contributed by atoms with Crippen LogP contribution in [0.5, 0.6) is 0 Å². The Morgan fingerprint density at radius 1 is 0.914 bits per heavy atom. The summed E-state index contributed by atoms with van der Waals surface area (Å²) >= 11 is 0. The van der Waals surface area contributed by atoms with E-state index in [1.807, 2.05) is 85.3 Å². The predicted octanol–water partition coefficient (Wildman–Crippen LogP) is 3.86. The minimum Gasteiger partial charge on any atom is -0.378 e. The van der Waals surface area contributed by atoms with Crippen molar-refractivity contribution >= 4 is 39.6 Å². The Hall–Kier alpha value is -4.13. The number of hydrogen-bond acceptors (Lipinski definition) is 4. The average Bonchev–Trinajstić information content (AvgIpc) is 3.28. The molecule has 0 radical (unpaired) electrons. The Balaban J connectivity index is 1.44. The average molecular weight is 469 g/mol. The summed E-state index contributed by atoms with van der Waals surface area (Å²) in [5.74, 6) is -0.575. The molecule has 0 bridgehead atoms. The number of aromatic nitrogens is 2. The third-order valence-electron chi connectivity index (χ3n) is 6.65. The standard InChI is InChI=1S/C28H30N5O2/c1-5-32(16-15-31-14-13-30(4)19-31)21-9-11-22(12-10-21)33-27(34)24-8-6-7-20-17-23(29(2)3)18-25(26(20)24)28(33)35/h6-14,17-19H,5,15-16H2,1-4H3/q+1. The maximum Gasteiger partial charge on any atom is 0.266 e. The summed E-state index contributed by atoms with van der Waals surface area (Å²) in [6.07, 6.45) is 6.15. The Labute approximate surface area is 205 Å². The molecule has 35 heavy (non-hydrogen) atoms. The summed E-state index contributed by atoms with van der Waals surface area (Å²) in [7, 11) is 5.90. The minimum absolute atomic E-state index is 0.286. The lowest BCUT2D eigenvalue weighted by Crippen LogP contribution is -2.40. The molecule has 1 aliphatic rings. The summed E-state index contributed by atoms with van der Waals surface area (Å²) in [5.41, 5.74) is 3.68. The molecular weight excluding hydrogens is 438 g/mol. The van der Waals surface area contributed by atoms with Crippen molar-refractivity contribution in [2.45, 2.75) is 13.5 Å². The highest BCUT2D eigenvalue weighted by Crippen LogP contribution is 2.36. The summed E-state index contributed by atoms with van der Waals surface area (Å²) < 4.78 is 4.18. The maximum absolute atomic E-state index is 13.6. The van der Waals surface area contributed by atoms with E-state index in [2.05, 4.69) is 28.9 Å². The molecule has 1 aromatic heterocycles. The normalized spacial score (nSPS) is 13.0. The van der Waals surface area contributed by atoms with Gasteiger partial charge in [0.1, 0.15) is 18.9 Å². The number of nitrogens with zero attached hydrogens (tertiary/aromatic N) is 5. The van der Waals surface area contributed by atoms with Crippen LogP contribution in [0.15, 0.2) is 73.3 Å². The van der Waals surface area contributed by atoms with Crippen LogP contribution in [-0.2, 0) is 13.6 Å². The van der Waals surface area contributed by atoms with Crippen LogP contribution in [0.4, 0.5) is 17.1 Å². The van der Waals surface area contributed by atoms with Crippen LogP contribution in [0.2, 0.25) is 0 Å². The fourth-order valence-electron chi connectivity index (χ4n) is 4.74. The van der Waals surface area contributed by atoms with E-state index in [9.17, 15) is 9.59 Å². The summed E-state index contributed by atoms with van der Waals surface area (Å²) in [6, 6.07) is 17.2. The van der Waals surface area contributed by atoms with Crippen molar-refractivity contribution < 1.29 is 14.2 Å². The molecule has 7 nitrogen and oxygen atoms in total. The van der Waals surface area contributed by atoms with E-state index in [0.717, 1.165) is 41.8 Å². The first kappa shape index (κ1) is 22.7. The second-order valence-electron chi connectivity index (χ2n) is 9.15. The predicted molar refractivity (Wildman–Crippen MR) is 139 cm³/mol. The van der Waals surface area contributed by atoms with Gasteiger partial charge >= 0.3 is 0 Å². The van der Waals surface area contributed by atoms with Gasteiger partial charge in [-0.25, -0.2) is 14.0 Å². The number of likely N-dealkylation sites (N-methyl/N-ethyl adjacent to an activating group) is 1. The molecule has 0 spiro atoms. The van der Waals surface area contributed by atoms with Crippen molar-refractivity contribution in [3.63, 3.8) is 0 Å². The van der Waals surface area contributed by atoms with E-state index >= 15 is 0 Å². The van der Waals surface area contributed by atoms with Crippen LogP contribution in [0.1, 0.15) is 27.6 Å². The molecule has 0 fully saturated rings. The smallest absolute Gasteiger partial charge is 0.266 e. The molecular formula is C28H30N5O2+. The monoisotopic (exact) mass is 468 g/mol. The SMILES string of the molecule is CCN(CCn1cc[n+](C)c1)c1ccc(N2C(=O)c3cccc4cc(N(C)C)cc(c34)C2=O)cc1. The highest BCUT2D eigenvalue weighted by atomic mass is 16.2. The van der Waals surface area contributed by atoms with Gasteiger partial charge in [-0.1, -0.05) is 12.1 Å². The molecule has 1 aliphatic heterocycles. The number of carbonyl (C=O) groups is 2. The number of hydrogen-bond donors (Lipinski definition) is 0. The maximum atomic E-state index is 13.6. The first-order valence-corrected chi connectivity index (χ1v) is 11.9. The Kier molecular flexibility index (Phi) is 5.76. The van der Waals surface area contributed by atoms with Crippen molar-refractivity contribution in [2.24, 2.45) is 7.05 Å². The number of benzene rings is 3. The van der Waals surface area contributed by atoms with E-state index in [1.54, 1.807) is 6.07 Å². The number of imide groups is 1. The first-order chi connectivity index (χ1) is 16.9. The number of rotatable bonds is 7. The highest BCUT2D eigenvalue weighted by Gasteiger charge is 2.34. The van der Waals surface area contributed by atoms with Gasteiger partial charge in [0.15, 0.2) is 0 Å². The van der Waals surface area contributed by atoms with E-state index < -0.39 is 0 Å². The second-order valence-corrected chi connectivity index (χ2v) is 9.15. The van der Waals surface area contributed by atoms with Gasteiger partial charge in [0.05, 0.1) is 24.8 Å². The van der Waals surface area contributed by atoms with Crippen LogP contribution in [0, 0.1) is 0 Å². The van der Waals surface area contributed by atoms with Crippen LogP contribution in [0.25, 0.3) is 10.8 Å². The molecule has 178 valence electrons. The summed E-state index contributed by atoms with van der Waals surface area (Å²) in [5, 5.41) is 1.63. The molecule has 0 aliphatic carbocycles. The molecule has 0 saturated heterocycles. The third kappa shape index (κ3) is 4.03. The van der Waals surface area contributed by atoms with Crippen molar-refractivity contribution in [3.05, 3.63) is 84.4 Å². The zero-order valence-corrected chi connectivity index (χ0v) is 20.6. The Morgan fingerprint density at radius 3 is 2.31 bits per heavy atom. The zero-order chi connectivity index (χ0) is 24.7. The van der Waals surface area contributed by atoms with Crippen LogP contribution in [0.3, 0.4) is 0 Å². The Bertz CT molecular complexity index is 1420. The summed E-state index contributed by atoms with van der Waals surface area (Å²) in [6.45, 7) is 4.71. The molecule has 7 heteroatoms. The number of anilines is 3. The number of carbonyl (C=O) groups excluding carboxylic acids is 2. The van der Waals surface area contributed by atoms with E-state index in [1.165, 1.54) is 4.90 Å². The van der Waals surface area contributed by atoms with E-state index in [-0.39, 0.29) is 11.8 Å². The highest BCUT2D eigenvalue weighted by molar-refractivity contribution is 6.36. The van der Waals surface area contributed by atoms with Crippen molar-refractivity contribution in [1.82, 2.24) is 4.57 Å². The van der Waals surface area contributed by atoms with Gasteiger partial charge in [-0.2, -0.15) is 0 Å². The molecule has 0 unspecified atom stereocenters. The summed E-state index contributed by atoms with van der Waals surface area (Å²) in [4.78, 5) is 32.6. The van der Waals surface area contributed by atoms with Crippen LogP contribution >= 0.6 is 0 Å². The van der Waals surface area contributed by atoms with Gasteiger partial charge in [0.2, 0.25) is 6.33 Å². The molecule has 2 heterocycles. The molecule has 0 N–H and O–H groups in total. The van der Waals surface area contributed by atoms with Gasteiger partial charge in [-0.05, 0) is 54.8 Å². The zero-order valence-electron chi connectivity index (χ0n) is 20.6. The van der Waals surface area contributed by atoms with Gasteiger partial charge in [0.25, 0.3) is 11.8 Å². The van der Waals surface area contributed by atoms with Crippen molar-refractivity contribution in [2.75, 3.05) is 41.9 Å². The van der Waals surface area contributed by atoms with Gasteiger partial charge in [-0.3, -0.25) is 9.59 Å². The molecule has 2 amide bonds.